The SMILES string of the molecule is CC(C)(C)N(CCC(=O)O)C(=O)NCCOCC(N)=O. The largest absolute Gasteiger partial charge is 0.481 e. The molecule has 4 N–H and O–H groups in total. The lowest BCUT2D eigenvalue weighted by atomic mass is 10.1. The Labute approximate surface area is 118 Å². The van der Waals surface area contributed by atoms with Crippen LogP contribution in [0, 0.1) is 0 Å². The highest BCUT2D eigenvalue weighted by Crippen LogP contribution is 2.13. The zero-order valence-corrected chi connectivity index (χ0v) is 12.1. The molecule has 0 spiro atoms. The van der Waals surface area contributed by atoms with Gasteiger partial charge in [0, 0.05) is 18.6 Å². The average molecular weight is 289 g/mol. The molecule has 116 valence electrons. The fourth-order valence-corrected chi connectivity index (χ4v) is 1.45. The molecule has 0 aromatic heterocycles. The van der Waals surface area contributed by atoms with E-state index < -0.39 is 17.4 Å². The number of hydrogen-bond donors (Lipinski definition) is 3. The van der Waals surface area contributed by atoms with Crippen molar-refractivity contribution in [3.05, 3.63) is 0 Å². The Morgan fingerprint density at radius 1 is 1.30 bits per heavy atom. The molecule has 0 saturated heterocycles. The number of aliphatic carboxylic acids is 1. The van der Waals surface area contributed by atoms with Gasteiger partial charge in [-0.15, -0.1) is 0 Å². The number of primary amides is 1. The van der Waals surface area contributed by atoms with Gasteiger partial charge in [-0.1, -0.05) is 0 Å². The van der Waals surface area contributed by atoms with Crippen molar-refractivity contribution in [1.82, 2.24) is 10.2 Å². The Kier molecular flexibility index (Phi) is 7.60. The van der Waals surface area contributed by atoms with Gasteiger partial charge in [0.05, 0.1) is 13.0 Å². The Morgan fingerprint density at radius 3 is 2.35 bits per heavy atom. The summed E-state index contributed by atoms with van der Waals surface area (Å²) in [4.78, 5) is 34.4. The van der Waals surface area contributed by atoms with Crippen molar-refractivity contribution < 1.29 is 24.2 Å². The number of ether oxygens (including phenoxy) is 1. The lowest BCUT2D eigenvalue weighted by Crippen LogP contribution is -2.51. The molecule has 0 atom stereocenters. The molecule has 0 fully saturated rings. The number of carboxylic acid groups (broad SMARTS) is 1. The number of urea groups is 1. The first kappa shape index (κ1) is 18.2. The molecule has 0 heterocycles. The van der Waals surface area contributed by atoms with Gasteiger partial charge in [0.2, 0.25) is 5.91 Å². The minimum absolute atomic E-state index is 0.118. The molecule has 8 nitrogen and oxygen atoms in total. The van der Waals surface area contributed by atoms with Gasteiger partial charge in [-0.05, 0) is 20.8 Å². The van der Waals surface area contributed by atoms with Gasteiger partial charge >= 0.3 is 12.0 Å². The highest BCUT2D eigenvalue weighted by molar-refractivity contribution is 5.76. The fraction of sp³-hybridized carbons (Fsp3) is 0.750. The summed E-state index contributed by atoms with van der Waals surface area (Å²) < 4.78 is 4.91. The summed E-state index contributed by atoms with van der Waals surface area (Å²) in [5.41, 5.74) is 4.40. The number of carbonyl (C=O) groups excluding carboxylic acids is 2. The smallest absolute Gasteiger partial charge is 0.317 e. The van der Waals surface area contributed by atoms with Crippen LogP contribution >= 0.6 is 0 Å². The van der Waals surface area contributed by atoms with Crippen LogP contribution < -0.4 is 11.1 Å². The second-order valence-electron chi connectivity index (χ2n) is 5.22. The van der Waals surface area contributed by atoms with Crippen molar-refractivity contribution in [3.63, 3.8) is 0 Å². The van der Waals surface area contributed by atoms with Gasteiger partial charge < -0.3 is 25.8 Å². The Morgan fingerprint density at radius 2 is 1.90 bits per heavy atom. The van der Waals surface area contributed by atoms with Crippen LogP contribution in [0.15, 0.2) is 0 Å². The fourth-order valence-electron chi connectivity index (χ4n) is 1.45. The van der Waals surface area contributed by atoms with Crippen LogP contribution in [0.1, 0.15) is 27.2 Å². The molecule has 0 radical (unpaired) electrons. The van der Waals surface area contributed by atoms with E-state index in [2.05, 4.69) is 5.32 Å². The molecule has 0 aliphatic rings. The van der Waals surface area contributed by atoms with Crippen LogP contribution in [0.25, 0.3) is 0 Å². The van der Waals surface area contributed by atoms with E-state index in [4.69, 9.17) is 15.6 Å². The molecule has 0 saturated carbocycles. The van der Waals surface area contributed by atoms with Crippen LogP contribution in [-0.4, -0.2) is 59.8 Å². The van der Waals surface area contributed by atoms with Crippen LogP contribution in [-0.2, 0) is 14.3 Å². The number of carboxylic acids is 1. The molecule has 0 aliphatic carbocycles. The first-order valence-electron chi connectivity index (χ1n) is 6.28. The Hall–Kier alpha value is -1.83. The van der Waals surface area contributed by atoms with Crippen LogP contribution in [0.4, 0.5) is 4.79 Å². The van der Waals surface area contributed by atoms with E-state index in [0.717, 1.165) is 0 Å². The van der Waals surface area contributed by atoms with E-state index >= 15 is 0 Å². The topological polar surface area (TPSA) is 122 Å². The predicted molar refractivity (Wildman–Crippen MR) is 72.1 cm³/mol. The van der Waals surface area contributed by atoms with E-state index in [-0.39, 0.29) is 38.8 Å². The normalized spacial score (nSPS) is 10.9. The third-order valence-corrected chi connectivity index (χ3v) is 2.37. The Balaban J connectivity index is 4.21. The van der Waals surface area contributed by atoms with Crippen LogP contribution in [0.2, 0.25) is 0 Å². The molecule has 0 aromatic carbocycles. The maximum absolute atomic E-state index is 12.0. The molecule has 3 amide bonds. The number of nitrogens with one attached hydrogen (secondary N) is 1. The quantitative estimate of drug-likeness (QED) is 0.533. The standard InChI is InChI=1S/C12H23N3O5/c1-12(2,3)15(6-4-10(17)18)11(19)14-5-7-20-8-9(13)16/h4-8H2,1-3H3,(H2,13,16)(H,14,19)(H,17,18). The summed E-state index contributed by atoms with van der Waals surface area (Å²) in [5.74, 6) is -1.54. The lowest BCUT2D eigenvalue weighted by Gasteiger charge is -2.35. The number of hydrogen-bond acceptors (Lipinski definition) is 4. The summed E-state index contributed by atoms with van der Waals surface area (Å²) in [6.45, 7) is 5.75. The van der Waals surface area contributed by atoms with E-state index in [1.165, 1.54) is 4.90 Å². The number of amides is 3. The molecule has 0 unspecified atom stereocenters. The van der Waals surface area contributed by atoms with Crippen molar-refractivity contribution in [3.8, 4) is 0 Å². The lowest BCUT2D eigenvalue weighted by molar-refractivity contribution is -0.137. The van der Waals surface area contributed by atoms with Crippen molar-refractivity contribution in [2.75, 3.05) is 26.3 Å². The van der Waals surface area contributed by atoms with E-state index in [9.17, 15) is 14.4 Å². The molecular formula is C12H23N3O5. The van der Waals surface area contributed by atoms with E-state index in [0.29, 0.717) is 0 Å². The summed E-state index contributed by atoms with van der Waals surface area (Å²) in [6.07, 6.45) is -0.122. The van der Waals surface area contributed by atoms with Crippen molar-refractivity contribution in [1.29, 1.82) is 0 Å². The zero-order chi connectivity index (χ0) is 15.8. The van der Waals surface area contributed by atoms with Crippen molar-refractivity contribution in [2.24, 2.45) is 5.73 Å². The molecule has 0 aromatic rings. The molecule has 8 heteroatoms. The number of rotatable bonds is 8. The summed E-state index contributed by atoms with van der Waals surface area (Å²) in [7, 11) is 0. The minimum Gasteiger partial charge on any atom is -0.481 e. The monoisotopic (exact) mass is 289 g/mol. The van der Waals surface area contributed by atoms with Gasteiger partial charge in [-0.2, -0.15) is 0 Å². The van der Waals surface area contributed by atoms with Crippen LogP contribution in [0.5, 0.6) is 0 Å². The maximum atomic E-state index is 12.0. The molecular weight excluding hydrogens is 266 g/mol. The second-order valence-corrected chi connectivity index (χ2v) is 5.22. The predicted octanol–water partition coefficient (Wildman–Crippen LogP) is -0.227. The van der Waals surface area contributed by atoms with Crippen molar-refractivity contribution in [2.45, 2.75) is 32.7 Å². The molecule has 0 rings (SSSR count). The number of carbonyl (C=O) groups is 3. The highest BCUT2D eigenvalue weighted by atomic mass is 16.5. The highest BCUT2D eigenvalue weighted by Gasteiger charge is 2.26. The average Bonchev–Trinajstić information content (AvgIpc) is 2.25. The minimum atomic E-state index is -0.961. The maximum Gasteiger partial charge on any atom is 0.317 e. The number of nitrogens with zero attached hydrogens (tertiary/aromatic N) is 1. The summed E-state index contributed by atoms with van der Waals surface area (Å²) >= 11 is 0. The Bertz CT molecular complexity index is 351. The molecule has 0 aliphatic heterocycles. The summed E-state index contributed by atoms with van der Waals surface area (Å²) in [6, 6.07) is -0.374. The van der Waals surface area contributed by atoms with Gasteiger partial charge in [0.25, 0.3) is 0 Å². The number of nitrogens with two attached hydrogens (primary N) is 1. The molecule has 0 bridgehead atoms. The third kappa shape index (κ3) is 8.30. The van der Waals surface area contributed by atoms with Gasteiger partial charge in [0.15, 0.2) is 0 Å². The zero-order valence-electron chi connectivity index (χ0n) is 12.1. The van der Waals surface area contributed by atoms with Crippen LogP contribution in [0.3, 0.4) is 0 Å². The molecule has 20 heavy (non-hydrogen) atoms. The van der Waals surface area contributed by atoms with Gasteiger partial charge in [0.1, 0.15) is 6.61 Å². The van der Waals surface area contributed by atoms with E-state index in [1.54, 1.807) is 0 Å². The first-order valence-corrected chi connectivity index (χ1v) is 6.28. The first-order chi connectivity index (χ1) is 9.14. The van der Waals surface area contributed by atoms with Gasteiger partial charge in [-0.25, -0.2) is 4.79 Å². The third-order valence-electron chi connectivity index (χ3n) is 2.37. The van der Waals surface area contributed by atoms with Gasteiger partial charge in [-0.3, -0.25) is 9.59 Å². The summed E-state index contributed by atoms with van der Waals surface area (Å²) in [5, 5.41) is 11.3. The van der Waals surface area contributed by atoms with Crippen molar-refractivity contribution >= 4 is 17.9 Å². The van der Waals surface area contributed by atoms with E-state index in [1.807, 2.05) is 20.8 Å². The second kappa shape index (κ2) is 8.36.